The van der Waals surface area contributed by atoms with Crippen LogP contribution in [-0.2, 0) is 4.79 Å². The summed E-state index contributed by atoms with van der Waals surface area (Å²) < 4.78 is 0. The first-order valence-electron chi connectivity index (χ1n) is 12.3. The second kappa shape index (κ2) is 7.34. The number of ketones is 3. The number of nitrogens with zero attached hydrogens (tertiary/aromatic N) is 1. The molecule has 1 spiro atoms. The lowest BCUT2D eigenvalue weighted by molar-refractivity contribution is -0.118. The zero-order valence-electron chi connectivity index (χ0n) is 19.7. The number of Topliss-reactive ketones (excluding diaryl/α,β-unsaturated/α-hetero) is 3. The highest BCUT2D eigenvalue weighted by molar-refractivity contribution is 6.32. The van der Waals surface area contributed by atoms with Gasteiger partial charge in [-0.2, -0.15) is 0 Å². The normalized spacial score (nSPS) is 23.1. The highest BCUT2D eigenvalue weighted by Crippen LogP contribution is 2.60. The predicted molar refractivity (Wildman–Crippen MR) is 140 cm³/mol. The number of hydrogen-bond acceptors (Lipinski definition) is 4. The zero-order chi connectivity index (χ0) is 24.6. The maximum absolute atomic E-state index is 14.4. The van der Waals surface area contributed by atoms with Crippen molar-refractivity contribution in [1.82, 2.24) is 0 Å². The summed E-state index contributed by atoms with van der Waals surface area (Å²) in [5.74, 6) is -1.05. The molecule has 4 nitrogen and oxygen atoms in total. The Hall–Kier alpha value is -4.31. The molecule has 4 heteroatoms. The second-order valence-electron chi connectivity index (χ2n) is 9.95. The molecule has 0 aromatic heterocycles. The van der Waals surface area contributed by atoms with Gasteiger partial charge in [0.15, 0.2) is 17.3 Å². The van der Waals surface area contributed by atoms with E-state index >= 15 is 0 Å². The van der Waals surface area contributed by atoms with E-state index in [0.717, 1.165) is 27.6 Å². The van der Waals surface area contributed by atoms with Gasteiger partial charge in [0.2, 0.25) is 0 Å². The minimum Gasteiger partial charge on any atom is -0.352 e. The lowest BCUT2D eigenvalue weighted by atomic mass is 9.64. The summed E-state index contributed by atoms with van der Waals surface area (Å²) in [6.07, 6.45) is 4.02. The maximum Gasteiger partial charge on any atom is 0.180 e. The number of benzene rings is 4. The molecule has 0 N–H and O–H groups in total. The van der Waals surface area contributed by atoms with E-state index in [2.05, 4.69) is 23.1 Å². The van der Waals surface area contributed by atoms with Gasteiger partial charge in [-0.05, 0) is 29.3 Å². The number of hydrogen-bond donors (Lipinski definition) is 0. The van der Waals surface area contributed by atoms with Gasteiger partial charge in [0.1, 0.15) is 5.41 Å². The third-order valence-electron chi connectivity index (χ3n) is 8.29. The minimum atomic E-state index is -1.42. The predicted octanol–water partition coefficient (Wildman–Crippen LogP) is 5.86. The third kappa shape index (κ3) is 2.46. The number of fused-ring (bicyclic) bond motifs is 7. The van der Waals surface area contributed by atoms with Crippen molar-refractivity contribution in [3.05, 3.63) is 119 Å². The lowest BCUT2D eigenvalue weighted by Gasteiger charge is -2.37. The second-order valence-corrected chi connectivity index (χ2v) is 9.95. The van der Waals surface area contributed by atoms with Crippen LogP contribution in [-0.4, -0.2) is 29.4 Å². The van der Waals surface area contributed by atoms with Crippen molar-refractivity contribution in [2.75, 3.05) is 4.90 Å². The summed E-state index contributed by atoms with van der Waals surface area (Å²) in [5.41, 5.74) is 2.21. The molecule has 2 aliphatic heterocycles. The smallest absolute Gasteiger partial charge is 0.180 e. The van der Waals surface area contributed by atoms with E-state index < -0.39 is 23.4 Å². The van der Waals surface area contributed by atoms with Crippen LogP contribution in [0.2, 0.25) is 0 Å². The largest absolute Gasteiger partial charge is 0.352 e. The number of anilines is 1. The summed E-state index contributed by atoms with van der Waals surface area (Å²) in [5, 5.41) is 2.18. The molecule has 3 aliphatic rings. The molecule has 0 bridgehead atoms. The molecule has 7 rings (SSSR count). The van der Waals surface area contributed by atoms with Crippen molar-refractivity contribution in [3.63, 3.8) is 0 Å². The van der Waals surface area contributed by atoms with Crippen LogP contribution in [0.25, 0.3) is 16.8 Å². The Morgan fingerprint density at radius 2 is 1.42 bits per heavy atom. The SMILES string of the molecule is CC(=O)[C@H]1[C@@H](c2ccccc2)C2(C(=O)c3ccccc3C2=O)[C@H]2C=Cc3c(ccc4ccccc34)N12. The number of rotatable bonds is 2. The highest BCUT2D eigenvalue weighted by Gasteiger charge is 2.71. The fourth-order valence-electron chi connectivity index (χ4n) is 6.92. The van der Waals surface area contributed by atoms with E-state index in [0.29, 0.717) is 11.1 Å². The Morgan fingerprint density at radius 3 is 2.11 bits per heavy atom. The maximum atomic E-state index is 14.4. The van der Waals surface area contributed by atoms with E-state index in [9.17, 15) is 14.4 Å². The van der Waals surface area contributed by atoms with Crippen LogP contribution >= 0.6 is 0 Å². The molecule has 0 radical (unpaired) electrons. The summed E-state index contributed by atoms with van der Waals surface area (Å²) in [6.45, 7) is 1.58. The summed E-state index contributed by atoms with van der Waals surface area (Å²) >= 11 is 0. The molecule has 4 aromatic rings. The molecule has 1 saturated heterocycles. The summed E-state index contributed by atoms with van der Waals surface area (Å²) in [4.78, 5) is 44.3. The first kappa shape index (κ1) is 21.0. The standard InChI is InChI=1S/C32H23NO3/c1-19(34)29-28(21-10-3-2-4-11-21)32(30(35)24-13-7-8-14-25(24)31(32)36)27-18-16-23-22-12-6-5-9-20(22)15-17-26(23)33(27)29/h2-18,27-29H,1H3/t27-,28-,29+/m1/s1. The molecular formula is C32H23NO3. The van der Waals surface area contributed by atoms with Crippen molar-refractivity contribution >= 4 is 39.9 Å². The van der Waals surface area contributed by atoms with Crippen LogP contribution in [0.3, 0.4) is 0 Å². The Morgan fingerprint density at radius 1 is 0.778 bits per heavy atom. The number of carbonyl (C=O) groups is 3. The molecule has 3 atom stereocenters. The quantitative estimate of drug-likeness (QED) is 0.345. The molecule has 0 unspecified atom stereocenters. The topological polar surface area (TPSA) is 54.5 Å². The Balaban J connectivity index is 1.56. The molecule has 4 aromatic carbocycles. The van der Waals surface area contributed by atoms with Crippen LogP contribution in [0.1, 0.15) is 44.7 Å². The monoisotopic (exact) mass is 469 g/mol. The molecular weight excluding hydrogens is 446 g/mol. The van der Waals surface area contributed by atoms with E-state index in [4.69, 9.17) is 0 Å². The van der Waals surface area contributed by atoms with Gasteiger partial charge in [-0.15, -0.1) is 0 Å². The van der Waals surface area contributed by atoms with Gasteiger partial charge < -0.3 is 4.90 Å². The lowest BCUT2D eigenvalue weighted by Crippen LogP contribution is -2.48. The molecule has 2 heterocycles. The molecule has 0 amide bonds. The first-order chi connectivity index (χ1) is 17.5. The summed E-state index contributed by atoms with van der Waals surface area (Å²) in [7, 11) is 0. The van der Waals surface area contributed by atoms with E-state index in [1.807, 2.05) is 60.7 Å². The van der Waals surface area contributed by atoms with Gasteiger partial charge in [0, 0.05) is 28.3 Å². The van der Waals surface area contributed by atoms with Crippen molar-refractivity contribution in [3.8, 4) is 0 Å². The van der Waals surface area contributed by atoms with Crippen LogP contribution < -0.4 is 4.90 Å². The van der Waals surface area contributed by atoms with Crippen molar-refractivity contribution in [2.24, 2.45) is 5.41 Å². The molecule has 174 valence electrons. The average molecular weight is 470 g/mol. The van der Waals surface area contributed by atoms with E-state index in [-0.39, 0.29) is 17.3 Å². The van der Waals surface area contributed by atoms with Gasteiger partial charge in [0.05, 0.1) is 12.1 Å². The van der Waals surface area contributed by atoms with Crippen LogP contribution in [0, 0.1) is 5.41 Å². The third-order valence-corrected chi connectivity index (χ3v) is 8.29. The molecule has 1 aliphatic carbocycles. The van der Waals surface area contributed by atoms with Crippen LogP contribution in [0.5, 0.6) is 0 Å². The summed E-state index contributed by atoms with van der Waals surface area (Å²) in [6, 6.07) is 27.7. The van der Waals surface area contributed by atoms with Crippen molar-refractivity contribution in [2.45, 2.75) is 24.9 Å². The average Bonchev–Trinajstić information content (AvgIpc) is 3.35. The van der Waals surface area contributed by atoms with Gasteiger partial charge in [-0.25, -0.2) is 0 Å². The van der Waals surface area contributed by atoms with Gasteiger partial charge in [-0.1, -0.05) is 97.1 Å². The minimum absolute atomic E-state index is 0.0586. The molecule has 1 fully saturated rings. The Bertz CT molecular complexity index is 1600. The van der Waals surface area contributed by atoms with Gasteiger partial charge in [-0.3, -0.25) is 14.4 Å². The molecule has 0 saturated carbocycles. The molecule has 36 heavy (non-hydrogen) atoms. The van der Waals surface area contributed by atoms with Crippen LogP contribution in [0.4, 0.5) is 5.69 Å². The van der Waals surface area contributed by atoms with Gasteiger partial charge >= 0.3 is 0 Å². The Kier molecular flexibility index (Phi) is 4.29. The fraction of sp³-hybridized carbons (Fsp3) is 0.156. The van der Waals surface area contributed by atoms with Crippen molar-refractivity contribution in [1.29, 1.82) is 0 Å². The van der Waals surface area contributed by atoms with Crippen LogP contribution in [0.15, 0.2) is 97.1 Å². The zero-order valence-corrected chi connectivity index (χ0v) is 19.7. The van der Waals surface area contributed by atoms with E-state index in [1.54, 1.807) is 31.2 Å². The van der Waals surface area contributed by atoms with E-state index in [1.165, 1.54) is 0 Å². The van der Waals surface area contributed by atoms with Crippen molar-refractivity contribution < 1.29 is 14.4 Å². The van der Waals surface area contributed by atoms with Gasteiger partial charge in [0.25, 0.3) is 0 Å². The Labute approximate surface area is 208 Å². The number of carbonyl (C=O) groups excluding carboxylic acids is 3. The highest BCUT2D eigenvalue weighted by atomic mass is 16.2. The fourth-order valence-corrected chi connectivity index (χ4v) is 6.92. The first-order valence-corrected chi connectivity index (χ1v) is 12.3.